The summed E-state index contributed by atoms with van der Waals surface area (Å²) in [7, 11) is 0. The topological polar surface area (TPSA) is 110 Å². The highest BCUT2D eigenvalue weighted by Crippen LogP contribution is 2.36. The second kappa shape index (κ2) is 8.81. The number of nitrogens with zero attached hydrogens (tertiary/aromatic N) is 4. The predicted molar refractivity (Wildman–Crippen MR) is 129 cm³/mol. The molecule has 186 valence electrons. The Morgan fingerprint density at radius 3 is 2.75 bits per heavy atom. The van der Waals surface area contributed by atoms with Crippen LogP contribution in [0, 0.1) is 0 Å². The summed E-state index contributed by atoms with van der Waals surface area (Å²) in [6.07, 6.45) is -3.48. The Balaban J connectivity index is 1.39. The van der Waals surface area contributed by atoms with E-state index in [9.17, 15) is 22.8 Å². The van der Waals surface area contributed by atoms with Crippen LogP contribution in [-0.4, -0.2) is 32.4 Å². The molecule has 5 rings (SSSR count). The number of rotatable bonds is 5. The summed E-state index contributed by atoms with van der Waals surface area (Å²) in [5.41, 5.74) is 8.79. The van der Waals surface area contributed by atoms with Gasteiger partial charge in [-0.2, -0.15) is 23.4 Å². The van der Waals surface area contributed by atoms with E-state index in [2.05, 4.69) is 15.3 Å². The molecular formula is C25H23F3N6O2. The molecule has 0 atom stereocenters. The van der Waals surface area contributed by atoms with E-state index >= 15 is 0 Å². The van der Waals surface area contributed by atoms with Crippen LogP contribution in [0.4, 0.5) is 24.7 Å². The normalized spacial score (nSPS) is 13.4. The number of amides is 1. The van der Waals surface area contributed by atoms with Crippen molar-refractivity contribution in [3.8, 4) is 11.3 Å². The number of fused-ring (bicyclic) bond motifs is 2. The summed E-state index contributed by atoms with van der Waals surface area (Å²) < 4.78 is 40.5. The number of carbonyl (C=O) groups excluding carboxylic acids is 1. The van der Waals surface area contributed by atoms with Crippen LogP contribution in [0.3, 0.4) is 0 Å². The molecule has 0 unspecified atom stereocenters. The molecule has 1 aliphatic rings. The van der Waals surface area contributed by atoms with Gasteiger partial charge in [0.2, 0.25) is 5.91 Å². The van der Waals surface area contributed by atoms with Gasteiger partial charge in [0, 0.05) is 30.8 Å². The number of aryl methyl sites for hydroxylation is 2. The van der Waals surface area contributed by atoms with Crippen molar-refractivity contribution in [1.82, 2.24) is 20.0 Å². The smallest absolute Gasteiger partial charge is 0.382 e. The van der Waals surface area contributed by atoms with Gasteiger partial charge in [-0.1, -0.05) is 24.3 Å². The number of anilines is 2. The van der Waals surface area contributed by atoms with E-state index in [0.717, 1.165) is 28.9 Å². The zero-order valence-electron chi connectivity index (χ0n) is 19.4. The maximum Gasteiger partial charge on any atom is 0.416 e. The number of carbonyl (C=O) groups is 1. The minimum Gasteiger partial charge on any atom is -0.382 e. The first-order valence-electron chi connectivity index (χ1n) is 11.5. The van der Waals surface area contributed by atoms with Crippen LogP contribution in [0.15, 0.2) is 47.3 Å². The monoisotopic (exact) mass is 496 g/mol. The second-order valence-corrected chi connectivity index (χ2v) is 8.66. The molecule has 0 saturated heterocycles. The summed E-state index contributed by atoms with van der Waals surface area (Å²) >= 11 is 0. The highest BCUT2D eigenvalue weighted by Gasteiger charge is 2.31. The van der Waals surface area contributed by atoms with Crippen LogP contribution in [0.1, 0.15) is 30.0 Å². The Labute approximate surface area is 203 Å². The minimum absolute atomic E-state index is 0.0963. The number of benzene rings is 2. The van der Waals surface area contributed by atoms with Crippen molar-refractivity contribution in [3.05, 3.63) is 69.5 Å². The summed E-state index contributed by atoms with van der Waals surface area (Å²) in [5.74, 6) is 0.0193. The highest BCUT2D eigenvalue weighted by molar-refractivity contribution is 6.01. The summed E-state index contributed by atoms with van der Waals surface area (Å²) in [6, 6.07) is 10.6. The van der Waals surface area contributed by atoms with Gasteiger partial charge < -0.3 is 10.6 Å². The predicted octanol–water partition coefficient (Wildman–Crippen LogP) is 3.93. The molecule has 3 N–H and O–H groups in total. The lowest BCUT2D eigenvalue weighted by Crippen LogP contribution is -2.29. The zero-order chi connectivity index (χ0) is 25.6. The fraction of sp³-hybridized carbons (Fsp3) is 0.280. The zero-order valence-corrected chi connectivity index (χ0v) is 19.4. The van der Waals surface area contributed by atoms with E-state index in [0.29, 0.717) is 41.7 Å². The molecule has 2 aromatic heterocycles. The molecule has 2 aromatic carbocycles. The van der Waals surface area contributed by atoms with Crippen LogP contribution in [0.5, 0.6) is 0 Å². The third-order valence-electron chi connectivity index (χ3n) is 6.43. The van der Waals surface area contributed by atoms with E-state index in [1.54, 1.807) is 15.6 Å². The SMILES string of the molecule is CCn1nc(-c2ccc3c(c2)CCN3C(=O)CCc2cccc(C(F)(F)F)c2)c2c(N)n[nH]c(=O)c21. The lowest BCUT2D eigenvalue weighted by Gasteiger charge is -2.18. The van der Waals surface area contributed by atoms with E-state index in [1.807, 2.05) is 25.1 Å². The molecule has 36 heavy (non-hydrogen) atoms. The quantitative estimate of drug-likeness (QED) is 0.435. The average Bonchev–Trinajstić information content (AvgIpc) is 3.46. The minimum atomic E-state index is -4.42. The standard InChI is InChI=1S/C25H23F3N6O2/c1-2-34-22-20(23(29)30-31-24(22)36)21(32-34)16-7-8-18-15(13-16)10-11-33(18)19(35)9-6-14-4-3-5-17(12-14)25(26,27)28/h3-5,7-8,12-13H,2,6,9-11H2,1H3,(H2,29,30)(H,31,36). The van der Waals surface area contributed by atoms with Crippen molar-refractivity contribution >= 4 is 28.3 Å². The number of halogens is 3. The summed E-state index contributed by atoms with van der Waals surface area (Å²) in [4.78, 5) is 27.0. The maximum atomic E-state index is 13.0. The highest BCUT2D eigenvalue weighted by atomic mass is 19.4. The first kappa shape index (κ1) is 23.6. The van der Waals surface area contributed by atoms with E-state index in [1.165, 1.54) is 6.07 Å². The average molecular weight is 496 g/mol. The van der Waals surface area contributed by atoms with Gasteiger partial charge in [0.05, 0.1) is 10.9 Å². The Kier molecular flexibility index (Phi) is 5.77. The van der Waals surface area contributed by atoms with Gasteiger partial charge in [-0.3, -0.25) is 14.3 Å². The Morgan fingerprint density at radius 1 is 1.19 bits per heavy atom. The third-order valence-corrected chi connectivity index (χ3v) is 6.43. The van der Waals surface area contributed by atoms with Gasteiger partial charge in [-0.15, -0.1) is 0 Å². The van der Waals surface area contributed by atoms with Crippen LogP contribution < -0.4 is 16.2 Å². The van der Waals surface area contributed by atoms with Gasteiger partial charge >= 0.3 is 6.18 Å². The second-order valence-electron chi connectivity index (χ2n) is 8.66. The fourth-order valence-electron chi connectivity index (χ4n) is 4.68. The number of nitrogen functional groups attached to an aromatic ring is 1. The third kappa shape index (κ3) is 4.10. The number of hydrogen-bond donors (Lipinski definition) is 2. The number of aromatic nitrogens is 4. The van der Waals surface area contributed by atoms with Crippen LogP contribution >= 0.6 is 0 Å². The van der Waals surface area contributed by atoms with Crippen LogP contribution in [0.2, 0.25) is 0 Å². The molecule has 0 saturated carbocycles. The molecule has 4 aromatic rings. The van der Waals surface area contributed by atoms with E-state index in [-0.39, 0.29) is 30.1 Å². The number of H-pyrrole nitrogens is 1. The molecule has 0 spiro atoms. The number of nitrogens with two attached hydrogens (primary N) is 1. The lowest BCUT2D eigenvalue weighted by molar-refractivity contribution is -0.137. The van der Waals surface area contributed by atoms with Gasteiger partial charge in [-0.05, 0) is 49.1 Å². The van der Waals surface area contributed by atoms with Gasteiger partial charge in [0.1, 0.15) is 11.2 Å². The van der Waals surface area contributed by atoms with Gasteiger partial charge in [0.25, 0.3) is 5.56 Å². The summed E-state index contributed by atoms with van der Waals surface area (Å²) in [6.45, 7) is 2.83. The molecule has 3 heterocycles. The first-order valence-corrected chi connectivity index (χ1v) is 11.5. The van der Waals surface area contributed by atoms with Gasteiger partial charge in [-0.25, -0.2) is 5.10 Å². The van der Waals surface area contributed by atoms with E-state index in [4.69, 9.17) is 5.73 Å². The fourth-order valence-corrected chi connectivity index (χ4v) is 4.68. The Morgan fingerprint density at radius 2 is 2.00 bits per heavy atom. The first-order chi connectivity index (χ1) is 17.2. The molecule has 8 nitrogen and oxygen atoms in total. The van der Waals surface area contributed by atoms with Crippen molar-refractivity contribution in [2.45, 2.75) is 38.9 Å². The van der Waals surface area contributed by atoms with Crippen molar-refractivity contribution in [1.29, 1.82) is 0 Å². The van der Waals surface area contributed by atoms with E-state index < -0.39 is 11.7 Å². The molecule has 0 bridgehead atoms. The lowest BCUT2D eigenvalue weighted by atomic mass is 10.0. The van der Waals surface area contributed by atoms with Crippen LogP contribution in [0.25, 0.3) is 22.2 Å². The molecule has 0 aliphatic carbocycles. The molecule has 0 radical (unpaired) electrons. The number of alkyl halides is 3. The Bertz CT molecular complexity index is 1540. The number of nitrogens with one attached hydrogen (secondary N) is 1. The molecule has 0 fully saturated rings. The largest absolute Gasteiger partial charge is 0.416 e. The number of hydrogen-bond acceptors (Lipinski definition) is 5. The summed E-state index contributed by atoms with van der Waals surface area (Å²) in [5, 5.41) is 11.3. The van der Waals surface area contributed by atoms with Crippen molar-refractivity contribution < 1.29 is 18.0 Å². The molecule has 11 heteroatoms. The molecule has 1 aliphatic heterocycles. The van der Waals surface area contributed by atoms with Crippen molar-refractivity contribution in [3.63, 3.8) is 0 Å². The van der Waals surface area contributed by atoms with Crippen molar-refractivity contribution in [2.75, 3.05) is 17.2 Å². The Hall–Kier alpha value is -4.15. The number of aromatic amines is 1. The molecule has 1 amide bonds. The van der Waals surface area contributed by atoms with Crippen LogP contribution in [-0.2, 0) is 30.4 Å². The van der Waals surface area contributed by atoms with Crippen molar-refractivity contribution in [2.24, 2.45) is 0 Å². The molecular weight excluding hydrogens is 473 g/mol. The van der Waals surface area contributed by atoms with Gasteiger partial charge in [0.15, 0.2) is 5.82 Å². The maximum absolute atomic E-state index is 13.0.